The van der Waals surface area contributed by atoms with E-state index in [0.29, 0.717) is 34.5 Å². The van der Waals surface area contributed by atoms with E-state index in [-0.39, 0.29) is 5.91 Å². The highest BCUT2D eigenvalue weighted by molar-refractivity contribution is 6.30. The van der Waals surface area contributed by atoms with E-state index in [2.05, 4.69) is 10.6 Å². The summed E-state index contributed by atoms with van der Waals surface area (Å²) in [4.78, 5) is 12.1. The van der Waals surface area contributed by atoms with Gasteiger partial charge in [-0.2, -0.15) is 0 Å². The maximum absolute atomic E-state index is 12.1. The first-order valence-corrected chi connectivity index (χ1v) is 8.61. The van der Waals surface area contributed by atoms with Crippen LogP contribution in [0, 0.1) is 5.92 Å². The van der Waals surface area contributed by atoms with Crippen LogP contribution in [0.1, 0.15) is 23.2 Å². The lowest BCUT2D eigenvalue weighted by Gasteiger charge is -2.10. The van der Waals surface area contributed by atoms with Gasteiger partial charge in [-0.25, -0.2) is 0 Å². The van der Waals surface area contributed by atoms with Crippen molar-refractivity contribution in [2.24, 2.45) is 5.92 Å². The van der Waals surface area contributed by atoms with Gasteiger partial charge in [0, 0.05) is 17.1 Å². The second kappa shape index (κ2) is 8.18. The fourth-order valence-corrected chi connectivity index (χ4v) is 2.97. The monoisotopic (exact) mass is 344 g/mol. The van der Waals surface area contributed by atoms with Crippen molar-refractivity contribution in [2.75, 3.05) is 19.6 Å². The molecule has 1 amide bonds. The number of ether oxygens (including phenoxy) is 1. The molecular weight excluding hydrogens is 324 g/mol. The van der Waals surface area contributed by atoms with Crippen molar-refractivity contribution in [3.63, 3.8) is 0 Å². The summed E-state index contributed by atoms with van der Waals surface area (Å²) in [5, 5.41) is 6.94. The topological polar surface area (TPSA) is 50.4 Å². The van der Waals surface area contributed by atoms with Gasteiger partial charge in [-0.1, -0.05) is 17.7 Å². The van der Waals surface area contributed by atoms with Crippen molar-refractivity contribution in [2.45, 2.75) is 12.8 Å². The predicted molar refractivity (Wildman–Crippen MR) is 95.9 cm³/mol. The standard InChI is InChI=1S/C19H21ClN2O2/c20-16-2-1-3-18(12-16)24-17-6-4-15(5-7-17)19(23)22-11-9-14-8-10-21-13-14/h1-7,12,14,21H,8-11,13H2,(H,22,23). The Hall–Kier alpha value is -2.04. The number of halogens is 1. The van der Waals surface area contributed by atoms with Crippen molar-refractivity contribution in [3.05, 3.63) is 59.1 Å². The van der Waals surface area contributed by atoms with Crippen LogP contribution < -0.4 is 15.4 Å². The van der Waals surface area contributed by atoms with E-state index in [1.165, 1.54) is 6.42 Å². The Bertz CT molecular complexity index is 682. The first-order valence-electron chi connectivity index (χ1n) is 8.23. The Balaban J connectivity index is 1.50. The molecule has 0 radical (unpaired) electrons. The number of rotatable bonds is 6. The minimum absolute atomic E-state index is 0.0461. The van der Waals surface area contributed by atoms with E-state index in [4.69, 9.17) is 16.3 Å². The highest BCUT2D eigenvalue weighted by Gasteiger charge is 2.14. The number of nitrogens with one attached hydrogen (secondary N) is 2. The van der Waals surface area contributed by atoms with Gasteiger partial charge in [0.25, 0.3) is 5.91 Å². The summed E-state index contributed by atoms with van der Waals surface area (Å²) in [7, 11) is 0. The molecule has 3 rings (SSSR count). The van der Waals surface area contributed by atoms with Crippen molar-refractivity contribution < 1.29 is 9.53 Å². The largest absolute Gasteiger partial charge is 0.457 e. The molecule has 24 heavy (non-hydrogen) atoms. The summed E-state index contributed by atoms with van der Waals surface area (Å²) in [5.74, 6) is 1.98. The maximum Gasteiger partial charge on any atom is 0.251 e. The average molecular weight is 345 g/mol. The van der Waals surface area contributed by atoms with Gasteiger partial charge in [-0.3, -0.25) is 4.79 Å². The molecule has 0 aliphatic carbocycles. The molecule has 5 heteroatoms. The molecule has 2 aromatic carbocycles. The van der Waals surface area contributed by atoms with Crippen LogP contribution in [0.2, 0.25) is 5.02 Å². The smallest absolute Gasteiger partial charge is 0.251 e. The molecule has 2 N–H and O–H groups in total. The van der Waals surface area contributed by atoms with Crippen LogP contribution in [0.5, 0.6) is 11.5 Å². The summed E-state index contributed by atoms with van der Waals surface area (Å²) in [6, 6.07) is 14.3. The molecule has 126 valence electrons. The number of hydrogen-bond donors (Lipinski definition) is 2. The van der Waals surface area contributed by atoms with Gasteiger partial charge in [0.1, 0.15) is 11.5 Å². The number of carbonyl (C=O) groups excluding carboxylic acids is 1. The van der Waals surface area contributed by atoms with E-state index < -0.39 is 0 Å². The lowest BCUT2D eigenvalue weighted by atomic mass is 10.1. The Kier molecular flexibility index (Phi) is 5.72. The van der Waals surface area contributed by atoms with Gasteiger partial charge in [-0.15, -0.1) is 0 Å². The van der Waals surface area contributed by atoms with Crippen LogP contribution in [0.3, 0.4) is 0 Å². The van der Waals surface area contributed by atoms with E-state index in [9.17, 15) is 4.79 Å². The SMILES string of the molecule is O=C(NCCC1CCNC1)c1ccc(Oc2cccc(Cl)c2)cc1. The average Bonchev–Trinajstić information content (AvgIpc) is 3.09. The molecule has 1 atom stereocenters. The number of amides is 1. The maximum atomic E-state index is 12.1. The van der Waals surface area contributed by atoms with Crippen molar-refractivity contribution in [1.82, 2.24) is 10.6 Å². The molecule has 1 fully saturated rings. The zero-order chi connectivity index (χ0) is 16.8. The first-order chi connectivity index (χ1) is 11.7. The molecule has 1 unspecified atom stereocenters. The van der Waals surface area contributed by atoms with Crippen LogP contribution in [-0.4, -0.2) is 25.5 Å². The molecule has 0 spiro atoms. The summed E-state index contributed by atoms with van der Waals surface area (Å²) in [6.07, 6.45) is 2.22. The lowest BCUT2D eigenvalue weighted by molar-refractivity contribution is 0.0951. The zero-order valence-corrected chi connectivity index (χ0v) is 14.2. The van der Waals surface area contributed by atoms with Crippen LogP contribution in [0.4, 0.5) is 0 Å². The number of carbonyl (C=O) groups is 1. The van der Waals surface area contributed by atoms with E-state index in [1.54, 1.807) is 36.4 Å². The van der Waals surface area contributed by atoms with Crippen LogP contribution >= 0.6 is 11.6 Å². The van der Waals surface area contributed by atoms with Gasteiger partial charge in [0.05, 0.1) is 0 Å². The summed E-state index contributed by atoms with van der Waals surface area (Å²) in [5.41, 5.74) is 0.637. The van der Waals surface area contributed by atoms with E-state index >= 15 is 0 Å². The summed E-state index contributed by atoms with van der Waals surface area (Å²) in [6.45, 7) is 2.87. The van der Waals surface area contributed by atoms with Gasteiger partial charge >= 0.3 is 0 Å². The Labute approximate surface area is 147 Å². The Morgan fingerprint density at radius 2 is 2.04 bits per heavy atom. The third kappa shape index (κ3) is 4.73. The minimum atomic E-state index is -0.0461. The van der Waals surface area contributed by atoms with Crippen LogP contribution in [-0.2, 0) is 0 Å². The fourth-order valence-electron chi connectivity index (χ4n) is 2.79. The van der Waals surface area contributed by atoms with Gasteiger partial charge in [-0.05, 0) is 74.3 Å². The quantitative estimate of drug-likeness (QED) is 0.836. The van der Waals surface area contributed by atoms with Gasteiger partial charge < -0.3 is 15.4 Å². The molecule has 2 aromatic rings. The summed E-state index contributed by atoms with van der Waals surface area (Å²) >= 11 is 5.94. The first kappa shape index (κ1) is 16.8. The lowest BCUT2D eigenvalue weighted by Crippen LogP contribution is -2.26. The molecule has 0 bridgehead atoms. The highest BCUT2D eigenvalue weighted by Crippen LogP contribution is 2.24. The molecule has 0 aromatic heterocycles. The molecule has 4 nitrogen and oxygen atoms in total. The molecular formula is C19H21ClN2O2. The second-order valence-electron chi connectivity index (χ2n) is 5.99. The van der Waals surface area contributed by atoms with Gasteiger partial charge in [0.2, 0.25) is 0 Å². The van der Waals surface area contributed by atoms with E-state index in [0.717, 1.165) is 19.5 Å². The molecule has 1 aliphatic rings. The molecule has 1 heterocycles. The number of benzene rings is 2. The highest BCUT2D eigenvalue weighted by atomic mass is 35.5. The Morgan fingerprint density at radius 3 is 2.75 bits per heavy atom. The van der Waals surface area contributed by atoms with Crippen LogP contribution in [0.25, 0.3) is 0 Å². The second-order valence-corrected chi connectivity index (χ2v) is 6.42. The Morgan fingerprint density at radius 1 is 1.21 bits per heavy atom. The third-order valence-electron chi connectivity index (χ3n) is 4.15. The zero-order valence-electron chi connectivity index (χ0n) is 13.4. The van der Waals surface area contributed by atoms with Crippen LogP contribution in [0.15, 0.2) is 48.5 Å². The molecule has 1 aliphatic heterocycles. The fraction of sp³-hybridized carbons (Fsp3) is 0.316. The third-order valence-corrected chi connectivity index (χ3v) is 4.38. The van der Waals surface area contributed by atoms with E-state index in [1.807, 2.05) is 12.1 Å². The minimum Gasteiger partial charge on any atom is -0.457 e. The van der Waals surface area contributed by atoms with Gasteiger partial charge in [0.15, 0.2) is 0 Å². The normalized spacial score (nSPS) is 16.8. The molecule has 1 saturated heterocycles. The summed E-state index contributed by atoms with van der Waals surface area (Å²) < 4.78 is 5.72. The predicted octanol–water partition coefficient (Wildman–Crippen LogP) is 3.86. The number of hydrogen-bond acceptors (Lipinski definition) is 3. The molecule has 0 saturated carbocycles. The van der Waals surface area contributed by atoms with Crippen molar-refractivity contribution in [1.29, 1.82) is 0 Å². The van der Waals surface area contributed by atoms with Crippen molar-refractivity contribution in [3.8, 4) is 11.5 Å². The van der Waals surface area contributed by atoms with Crippen molar-refractivity contribution >= 4 is 17.5 Å².